The zero-order valence-corrected chi connectivity index (χ0v) is 18.5. The summed E-state index contributed by atoms with van der Waals surface area (Å²) in [6.07, 6.45) is 5.61. The summed E-state index contributed by atoms with van der Waals surface area (Å²) in [7, 11) is 2.26. The first-order valence-electron chi connectivity index (χ1n) is 11.5. The molecule has 0 N–H and O–H groups in total. The predicted octanol–water partition coefficient (Wildman–Crippen LogP) is 6.23. The molecule has 2 nitrogen and oxygen atoms in total. The Bertz CT molecular complexity index is 936. The normalized spacial score (nSPS) is 19.1. The van der Waals surface area contributed by atoms with Crippen LogP contribution in [-0.2, 0) is 11.8 Å². The van der Waals surface area contributed by atoms with Crippen molar-refractivity contribution in [2.75, 3.05) is 13.6 Å². The molecule has 2 heteroatoms. The zero-order chi connectivity index (χ0) is 21.5. The SMILES string of the molecule is CN(CCc1ccccc1)[C@H]1CCC[C@H](C(C#N)(c2ccccc2)c2ccccc2)C1. The van der Waals surface area contributed by atoms with Crippen LogP contribution in [0.25, 0.3) is 0 Å². The van der Waals surface area contributed by atoms with Crippen molar-refractivity contribution in [3.63, 3.8) is 0 Å². The van der Waals surface area contributed by atoms with Gasteiger partial charge in [0, 0.05) is 12.6 Å². The Morgan fingerprint density at radius 2 is 1.39 bits per heavy atom. The molecule has 31 heavy (non-hydrogen) atoms. The molecular formula is C29H32N2. The fourth-order valence-corrected chi connectivity index (χ4v) is 5.35. The lowest BCUT2D eigenvalue weighted by molar-refractivity contribution is 0.139. The van der Waals surface area contributed by atoms with Crippen LogP contribution in [-0.4, -0.2) is 24.5 Å². The van der Waals surface area contributed by atoms with Crippen LogP contribution in [0.5, 0.6) is 0 Å². The van der Waals surface area contributed by atoms with Gasteiger partial charge in [-0.05, 0) is 55.3 Å². The fraction of sp³-hybridized carbons (Fsp3) is 0.345. The Morgan fingerprint density at radius 3 is 1.94 bits per heavy atom. The van der Waals surface area contributed by atoms with Crippen LogP contribution in [0.15, 0.2) is 91.0 Å². The number of nitriles is 1. The predicted molar refractivity (Wildman–Crippen MR) is 128 cm³/mol. The van der Waals surface area contributed by atoms with Crippen LogP contribution >= 0.6 is 0 Å². The van der Waals surface area contributed by atoms with Gasteiger partial charge in [-0.1, -0.05) is 97.4 Å². The first kappa shape index (κ1) is 21.3. The average Bonchev–Trinajstić information content (AvgIpc) is 2.85. The molecule has 0 amide bonds. The van der Waals surface area contributed by atoms with Crippen molar-refractivity contribution in [3.8, 4) is 6.07 Å². The van der Waals surface area contributed by atoms with Crippen molar-refractivity contribution in [3.05, 3.63) is 108 Å². The van der Waals surface area contributed by atoms with E-state index in [2.05, 4.69) is 96.9 Å². The highest BCUT2D eigenvalue weighted by Gasteiger charge is 2.44. The maximum Gasteiger partial charge on any atom is 0.110 e. The number of hydrogen-bond acceptors (Lipinski definition) is 2. The number of nitrogens with zero attached hydrogens (tertiary/aromatic N) is 2. The molecule has 2 atom stereocenters. The molecular weight excluding hydrogens is 376 g/mol. The van der Waals surface area contributed by atoms with Gasteiger partial charge in [0.05, 0.1) is 6.07 Å². The van der Waals surface area contributed by atoms with E-state index in [-0.39, 0.29) is 0 Å². The zero-order valence-electron chi connectivity index (χ0n) is 18.5. The molecule has 0 heterocycles. The summed E-state index contributed by atoms with van der Waals surface area (Å²) in [5.41, 5.74) is 3.05. The van der Waals surface area contributed by atoms with Gasteiger partial charge in [-0.25, -0.2) is 0 Å². The van der Waals surface area contributed by atoms with E-state index in [0.29, 0.717) is 12.0 Å². The number of rotatable bonds is 7. The lowest BCUT2D eigenvalue weighted by Crippen LogP contribution is -2.44. The van der Waals surface area contributed by atoms with Crippen molar-refractivity contribution < 1.29 is 0 Å². The topological polar surface area (TPSA) is 27.0 Å². The van der Waals surface area contributed by atoms with Gasteiger partial charge in [0.15, 0.2) is 0 Å². The van der Waals surface area contributed by atoms with Gasteiger partial charge in [-0.3, -0.25) is 0 Å². The van der Waals surface area contributed by atoms with E-state index in [0.717, 1.165) is 36.9 Å². The van der Waals surface area contributed by atoms with Crippen molar-refractivity contribution in [2.24, 2.45) is 5.92 Å². The fourth-order valence-electron chi connectivity index (χ4n) is 5.35. The maximum atomic E-state index is 10.6. The minimum Gasteiger partial charge on any atom is -0.303 e. The first-order chi connectivity index (χ1) is 15.2. The average molecular weight is 409 g/mol. The van der Waals surface area contributed by atoms with E-state index in [9.17, 15) is 5.26 Å². The molecule has 1 aliphatic carbocycles. The lowest BCUT2D eigenvalue weighted by Gasteiger charge is -2.43. The van der Waals surface area contributed by atoms with Crippen molar-refractivity contribution in [2.45, 2.75) is 43.6 Å². The Kier molecular flexibility index (Phi) is 6.85. The van der Waals surface area contributed by atoms with Crippen LogP contribution in [0, 0.1) is 17.2 Å². The van der Waals surface area contributed by atoms with E-state index in [1.54, 1.807) is 0 Å². The molecule has 3 aromatic rings. The third-order valence-electron chi connectivity index (χ3n) is 7.11. The quantitative estimate of drug-likeness (QED) is 0.463. The van der Waals surface area contributed by atoms with E-state index < -0.39 is 5.41 Å². The van der Waals surface area contributed by atoms with Crippen LogP contribution < -0.4 is 0 Å². The van der Waals surface area contributed by atoms with Gasteiger partial charge in [0.2, 0.25) is 0 Å². The van der Waals surface area contributed by atoms with Crippen molar-refractivity contribution >= 4 is 0 Å². The molecule has 0 bridgehead atoms. The summed E-state index contributed by atoms with van der Waals surface area (Å²) >= 11 is 0. The van der Waals surface area contributed by atoms with Crippen LogP contribution in [0.1, 0.15) is 42.4 Å². The highest BCUT2D eigenvalue weighted by molar-refractivity contribution is 5.47. The molecule has 0 saturated heterocycles. The molecule has 0 radical (unpaired) electrons. The van der Waals surface area contributed by atoms with E-state index in [1.165, 1.54) is 18.4 Å². The molecule has 0 aliphatic heterocycles. The van der Waals surface area contributed by atoms with Gasteiger partial charge >= 0.3 is 0 Å². The monoisotopic (exact) mass is 408 g/mol. The lowest BCUT2D eigenvalue weighted by atomic mass is 9.61. The largest absolute Gasteiger partial charge is 0.303 e. The number of benzene rings is 3. The van der Waals surface area contributed by atoms with Gasteiger partial charge in [0.1, 0.15) is 5.41 Å². The molecule has 1 saturated carbocycles. The molecule has 158 valence electrons. The Hall–Kier alpha value is -2.89. The first-order valence-corrected chi connectivity index (χ1v) is 11.5. The van der Waals surface area contributed by atoms with E-state index >= 15 is 0 Å². The molecule has 0 aromatic heterocycles. The molecule has 0 unspecified atom stereocenters. The second kappa shape index (κ2) is 9.94. The second-order valence-electron chi connectivity index (χ2n) is 8.89. The number of likely N-dealkylation sites (N-methyl/N-ethyl adjacent to an activating group) is 1. The Balaban J connectivity index is 1.58. The van der Waals surface area contributed by atoms with Crippen molar-refractivity contribution in [1.82, 2.24) is 4.90 Å². The number of hydrogen-bond donors (Lipinski definition) is 0. The van der Waals surface area contributed by atoms with Gasteiger partial charge in [-0.2, -0.15) is 5.26 Å². The summed E-state index contributed by atoms with van der Waals surface area (Å²) in [6, 6.07) is 35.0. The van der Waals surface area contributed by atoms with Gasteiger partial charge in [0.25, 0.3) is 0 Å². The van der Waals surface area contributed by atoms with E-state index in [1.807, 2.05) is 12.1 Å². The Labute approximate surface area is 187 Å². The summed E-state index contributed by atoms with van der Waals surface area (Å²) in [5.74, 6) is 0.306. The minimum absolute atomic E-state index is 0.306. The highest BCUT2D eigenvalue weighted by atomic mass is 15.1. The van der Waals surface area contributed by atoms with Crippen molar-refractivity contribution in [1.29, 1.82) is 5.26 Å². The second-order valence-corrected chi connectivity index (χ2v) is 8.89. The van der Waals surface area contributed by atoms with E-state index in [4.69, 9.17) is 0 Å². The molecule has 1 fully saturated rings. The van der Waals surface area contributed by atoms with Gasteiger partial charge < -0.3 is 4.90 Å². The highest BCUT2D eigenvalue weighted by Crippen LogP contribution is 2.46. The van der Waals surface area contributed by atoms with Gasteiger partial charge in [-0.15, -0.1) is 0 Å². The summed E-state index contributed by atoms with van der Waals surface area (Å²) < 4.78 is 0. The maximum absolute atomic E-state index is 10.6. The molecule has 4 rings (SSSR count). The minimum atomic E-state index is -0.596. The Morgan fingerprint density at radius 1 is 0.839 bits per heavy atom. The molecule has 1 aliphatic rings. The smallest absolute Gasteiger partial charge is 0.110 e. The standard InChI is InChI=1S/C29H32N2/c1-31(21-20-24-12-5-2-6-13-24)28-19-11-18-27(22-28)29(23-30,25-14-7-3-8-15-25)26-16-9-4-10-17-26/h2-10,12-17,27-28H,11,18-22H2,1H3/t27-,28-/m0/s1. The summed E-state index contributed by atoms with van der Waals surface area (Å²) in [5, 5.41) is 10.6. The van der Waals surface area contributed by atoms with Crippen LogP contribution in [0.4, 0.5) is 0 Å². The summed E-state index contributed by atoms with van der Waals surface area (Å²) in [6.45, 7) is 1.05. The van der Waals surface area contributed by atoms with Crippen LogP contribution in [0.2, 0.25) is 0 Å². The third kappa shape index (κ3) is 4.58. The molecule has 3 aromatic carbocycles. The molecule has 0 spiro atoms. The third-order valence-corrected chi connectivity index (χ3v) is 7.11. The van der Waals surface area contributed by atoms with Crippen LogP contribution in [0.3, 0.4) is 0 Å². The summed E-state index contributed by atoms with van der Waals surface area (Å²) in [4.78, 5) is 2.53.